The molecule has 0 aliphatic carbocycles. The minimum absolute atomic E-state index is 0.333. The maximum Gasteiger partial charge on any atom is 0.160 e. The number of pyridine rings is 1. The van der Waals surface area contributed by atoms with Gasteiger partial charge >= 0.3 is 0 Å². The number of benzene rings is 1. The summed E-state index contributed by atoms with van der Waals surface area (Å²) in [6, 6.07) is 12.7. The molecule has 0 unspecified atom stereocenters. The van der Waals surface area contributed by atoms with Crippen LogP contribution in [-0.2, 0) is 6.54 Å². The van der Waals surface area contributed by atoms with Crippen molar-refractivity contribution >= 4 is 16.9 Å². The number of fused-ring (bicyclic) bond motifs is 1. The summed E-state index contributed by atoms with van der Waals surface area (Å²) >= 11 is 0. The Hall–Kier alpha value is -2.36. The van der Waals surface area contributed by atoms with Crippen molar-refractivity contribution in [2.24, 2.45) is 0 Å². The van der Waals surface area contributed by atoms with Crippen molar-refractivity contribution in [1.82, 2.24) is 14.5 Å². The Labute approximate surface area is 124 Å². The third kappa shape index (κ3) is 2.75. The summed E-state index contributed by atoms with van der Waals surface area (Å²) in [5.74, 6) is 1.01. The van der Waals surface area contributed by atoms with Gasteiger partial charge in [-0.1, -0.05) is 17.7 Å². The lowest BCUT2D eigenvalue weighted by molar-refractivity contribution is 0.585. The van der Waals surface area contributed by atoms with E-state index < -0.39 is 0 Å². The van der Waals surface area contributed by atoms with Gasteiger partial charge in [-0.2, -0.15) is 0 Å². The zero-order chi connectivity index (χ0) is 14.8. The van der Waals surface area contributed by atoms with E-state index in [-0.39, 0.29) is 0 Å². The molecule has 0 aliphatic rings. The van der Waals surface area contributed by atoms with Crippen molar-refractivity contribution in [2.75, 3.05) is 5.32 Å². The van der Waals surface area contributed by atoms with E-state index in [1.54, 1.807) is 0 Å². The highest BCUT2D eigenvalue weighted by atomic mass is 15.2. The highest BCUT2D eigenvalue weighted by molar-refractivity contribution is 5.71. The van der Waals surface area contributed by atoms with E-state index in [9.17, 15) is 0 Å². The number of aryl methyl sites for hydroxylation is 1. The van der Waals surface area contributed by atoms with Gasteiger partial charge in [0.1, 0.15) is 11.3 Å². The molecule has 21 heavy (non-hydrogen) atoms. The molecule has 3 aromatic rings. The minimum Gasteiger partial charge on any atom is -0.378 e. The number of aromatic nitrogens is 3. The molecule has 0 spiro atoms. The van der Waals surface area contributed by atoms with Crippen LogP contribution in [0.2, 0.25) is 0 Å². The highest BCUT2D eigenvalue weighted by Crippen LogP contribution is 2.20. The Morgan fingerprint density at radius 1 is 1.14 bits per heavy atom. The SMILES string of the molecule is Cc1ccc(NCc2nc3cccnc3n2C(C)C)cc1. The molecular formula is C17H20N4. The standard InChI is InChI=1S/C17H20N4/c1-12(2)21-16(20-15-5-4-10-18-17(15)21)11-19-14-8-6-13(3)7-9-14/h4-10,12,19H,11H2,1-3H3. The second-order valence-corrected chi connectivity index (χ2v) is 5.56. The van der Waals surface area contributed by atoms with Crippen molar-refractivity contribution in [3.8, 4) is 0 Å². The van der Waals surface area contributed by atoms with Gasteiger partial charge in [-0.25, -0.2) is 9.97 Å². The molecule has 2 aromatic heterocycles. The molecule has 0 amide bonds. The Balaban J connectivity index is 1.89. The summed E-state index contributed by atoms with van der Waals surface area (Å²) in [7, 11) is 0. The second kappa shape index (κ2) is 5.56. The molecule has 0 saturated heterocycles. The Kier molecular flexibility index (Phi) is 3.60. The van der Waals surface area contributed by atoms with Crippen molar-refractivity contribution in [3.05, 3.63) is 54.0 Å². The number of hydrogen-bond donors (Lipinski definition) is 1. The van der Waals surface area contributed by atoms with Crippen LogP contribution in [0.25, 0.3) is 11.2 Å². The zero-order valence-electron chi connectivity index (χ0n) is 12.7. The van der Waals surface area contributed by atoms with E-state index in [2.05, 4.69) is 59.9 Å². The normalized spacial score (nSPS) is 11.2. The Morgan fingerprint density at radius 2 is 1.90 bits per heavy atom. The molecule has 0 aliphatic heterocycles. The third-order valence-corrected chi connectivity index (χ3v) is 3.54. The molecule has 0 bridgehead atoms. The van der Waals surface area contributed by atoms with Crippen LogP contribution in [0, 0.1) is 6.92 Å². The monoisotopic (exact) mass is 280 g/mol. The summed E-state index contributed by atoms with van der Waals surface area (Å²) in [6.07, 6.45) is 1.82. The van der Waals surface area contributed by atoms with Gasteiger partial charge in [0.05, 0.1) is 6.54 Å². The first-order valence-electron chi connectivity index (χ1n) is 7.27. The van der Waals surface area contributed by atoms with E-state index in [1.165, 1.54) is 5.56 Å². The van der Waals surface area contributed by atoms with Gasteiger partial charge in [0.15, 0.2) is 5.65 Å². The molecule has 0 saturated carbocycles. The molecule has 4 nitrogen and oxygen atoms in total. The maximum atomic E-state index is 4.70. The molecule has 0 fully saturated rings. The Morgan fingerprint density at radius 3 is 2.62 bits per heavy atom. The Bertz CT molecular complexity index is 741. The first-order chi connectivity index (χ1) is 10.1. The number of nitrogens with zero attached hydrogens (tertiary/aromatic N) is 3. The fourth-order valence-electron chi connectivity index (χ4n) is 2.50. The van der Waals surface area contributed by atoms with Gasteiger partial charge in [0, 0.05) is 17.9 Å². The number of hydrogen-bond acceptors (Lipinski definition) is 3. The number of imidazole rings is 1. The van der Waals surface area contributed by atoms with Crippen LogP contribution < -0.4 is 5.32 Å². The van der Waals surface area contributed by atoms with E-state index >= 15 is 0 Å². The van der Waals surface area contributed by atoms with E-state index in [0.29, 0.717) is 12.6 Å². The van der Waals surface area contributed by atoms with Crippen LogP contribution in [0.3, 0.4) is 0 Å². The van der Waals surface area contributed by atoms with Crippen molar-refractivity contribution in [1.29, 1.82) is 0 Å². The number of rotatable bonds is 4. The fraction of sp³-hybridized carbons (Fsp3) is 0.294. The molecule has 0 radical (unpaired) electrons. The molecular weight excluding hydrogens is 260 g/mol. The van der Waals surface area contributed by atoms with Crippen LogP contribution in [0.5, 0.6) is 0 Å². The summed E-state index contributed by atoms with van der Waals surface area (Å²) in [5.41, 5.74) is 4.27. The van der Waals surface area contributed by atoms with Crippen LogP contribution in [0.1, 0.15) is 31.3 Å². The van der Waals surface area contributed by atoms with E-state index in [4.69, 9.17) is 4.98 Å². The highest BCUT2D eigenvalue weighted by Gasteiger charge is 2.13. The van der Waals surface area contributed by atoms with Gasteiger partial charge < -0.3 is 9.88 Å². The summed E-state index contributed by atoms with van der Waals surface area (Å²) in [6.45, 7) is 7.10. The predicted molar refractivity (Wildman–Crippen MR) is 86.4 cm³/mol. The van der Waals surface area contributed by atoms with Crippen molar-refractivity contribution in [2.45, 2.75) is 33.4 Å². The van der Waals surface area contributed by atoms with Crippen LogP contribution in [0.15, 0.2) is 42.6 Å². The number of anilines is 1. The summed E-state index contributed by atoms with van der Waals surface area (Å²) < 4.78 is 2.19. The van der Waals surface area contributed by atoms with Crippen LogP contribution in [-0.4, -0.2) is 14.5 Å². The molecule has 3 rings (SSSR count). The van der Waals surface area contributed by atoms with Gasteiger partial charge in [0.25, 0.3) is 0 Å². The third-order valence-electron chi connectivity index (χ3n) is 3.54. The van der Waals surface area contributed by atoms with Crippen molar-refractivity contribution < 1.29 is 0 Å². The summed E-state index contributed by atoms with van der Waals surface area (Å²) in [5, 5.41) is 3.43. The first kappa shape index (κ1) is 13.6. The smallest absolute Gasteiger partial charge is 0.160 e. The van der Waals surface area contributed by atoms with E-state index in [0.717, 1.165) is 22.7 Å². The molecule has 1 aromatic carbocycles. The molecule has 1 N–H and O–H groups in total. The topological polar surface area (TPSA) is 42.7 Å². The molecule has 2 heterocycles. The minimum atomic E-state index is 0.333. The van der Waals surface area contributed by atoms with Gasteiger partial charge in [-0.15, -0.1) is 0 Å². The fourth-order valence-corrected chi connectivity index (χ4v) is 2.50. The molecule has 4 heteroatoms. The average molecular weight is 280 g/mol. The second-order valence-electron chi connectivity index (χ2n) is 5.56. The molecule has 108 valence electrons. The van der Waals surface area contributed by atoms with Gasteiger partial charge in [0.2, 0.25) is 0 Å². The van der Waals surface area contributed by atoms with Gasteiger partial charge in [-0.3, -0.25) is 0 Å². The first-order valence-corrected chi connectivity index (χ1v) is 7.27. The van der Waals surface area contributed by atoms with E-state index in [1.807, 2.05) is 18.3 Å². The van der Waals surface area contributed by atoms with Gasteiger partial charge in [-0.05, 0) is 45.0 Å². The maximum absolute atomic E-state index is 4.70. The number of nitrogens with one attached hydrogen (secondary N) is 1. The van der Waals surface area contributed by atoms with Crippen LogP contribution in [0.4, 0.5) is 5.69 Å². The lowest BCUT2D eigenvalue weighted by Crippen LogP contribution is -2.11. The summed E-state index contributed by atoms with van der Waals surface area (Å²) in [4.78, 5) is 9.17. The predicted octanol–water partition coefficient (Wildman–Crippen LogP) is 3.93. The quantitative estimate of drug-likeness (QED) is 0.787. The average Bonchev–Trinajstić information content (AvgIpc) is 2.85. The lowest BCUT2D eigenvalue weighted by Gasteiger charge is -2.13. The van der Waals surface area contributed by atoms with Crippen molar-refractivity contribution in [3.63, 3.8) is 0 Å². The lowest BCUT2D eigenvalue weighted by atomic mass is 10.2. The molecule has 0 atom stereocenters. The largest absolute Gasteiger partial charge is 0.378 e. The zero-order valence-corrected chi connectivity index (χ0v) is 12.7. The van der Waals surface area contributed by atoms with Crippen LogP contribution >= 0.6 is 0 Å².